The molecule has 1 aromatic carbocycles. The molecule has 1 aromatic heterocycles. The minimum atomic E-state index is -0.473. The molecule has 23 heavy (non-hydrogen) atoms. The summed E-state index contributed by atoms with van der Waals surface area (Å²) < 4.78 is 0. The summed E-state index contributed by atoms with van der Waals surface area (Å²) in [6.45, 7) is 5.36. The molecule has 1 aliphatic heterocycles. The molecule has 1 amide bonds. The predicted molar refractivity (Wildman–Crippen MR) is 88.5 cm³/mol. The largest absolute Gasteiger partial charge is 0.345 e. The molecule has 1 N–H and O–H groups in total. The van der Waals surface area contributed by atoms with Crippen molar-refractivity contribution in [3.63, 3.8) is 0 Å². The van der Waals surface area contributed by atoms with Crippen LogP contribution >= 0.6 is 0 Å². The van der Waals surface area contributed by atoms with E-state index in [2.05, 4.69) is 41.2 Å². The van der Waals surface area contributed by atoms with Gasteiger partial charge in [0.1, 0.15) is 5.69 Å². The van der Waals surface area contributed by atoms with Crippen molar-refractivity contribution in [1.82, 2.24) is 14.9 Å². The van der Waals surface area contributed by atoms with Crippen molar-refractivity contribution in [3.8, 4) is 0 Å². The lowest BCUT2D eigenvalue weighted by Gasteiger charge is -2.39. The summed E-state index contributed by atoms with van der Waals surface area (Å²) in [5.74, 6) is -0.158. The fraction of sp³-hybridized carbons (Fsp3) is 0.389. The maximum absolute atomic E-state index is 12.6. The number of hydrogen-bond donors (Lipinski definition) is 1. The Morgan fingerprint density at radius 3 is 2.48 bits per heavy atom. The van der Waals surface area contributed by atoms with E-state index in [1.54, 1.807) is 17.9 Å². The third-order valence-corrected chi connectivity index (χ3v) is 4.72. The number of aromatic nitrogens is 2. The predicted octanol–water partition coefficient (Wildman–Crippen LogP) is 2.27. The molecule has 3 rings (SSSR count). The summed E-state index contributed by atoms with van der Waals surface area (Å²) in [4.78, 5) is 32.2. The molecule has 1 saturated heterocycles. The maximum atomic E-state index is 12.6. The quantitative estimate of drug-likeness (QED) is 0.925. The van der Waals surface area contributed by atoms with E-state index in [-0.39, 0.29) is 17.0 Å². The van der Waals surface area contributed by atoms with Gasteiger partial charge in [0.2, 0.25) is 0 Å². The molecular formula is C18H21N3O2. The Balaban J connectivity index is 1.74. The van der Waals surface area contributed by atoms with Crippen LogP contribution in [0.4, 0.5) is 0 Å². The second-order valence-electron chi connectivity index (χ2n) is 6.47. The van der Waals surface area contributed by atoms with Gasteiger partial charge < -0.3 is 9.88 Å². The number of amides is 1. The zero-order chi connectivity index (χ0) is 16.4. The van der Waals surface area contributed by atoms with Crippen LogP contribution in [0.3, 0.4) is 0 Å². The van der Waals surface area contributed by atoms with Crippen LogP contribution < -0.4 is 5.69 Å². The van der Waals surface area contributed by atoms with E-state index in [4.69, 9.17) is 0 Å². The van der Waals surface area contributed by atoms with Gasteiger partial charge in [-0.3, -0.25) is 4.79 Å². The fourth-order valence-electron chi connectivity index (χ4n) is 3.18. The number of likely N-dealkylation sites (tertiary alicyclic amines) is 1. The normalized spacial score (nSPS) is 17.0. The van der Waals surface area contributed by atoms with Gasteiger partial charge in [0, 0.05) is 18.8 Å². The molecule has 0 bridgehead atoms. The number of rotatable bonds is 2. The number of H-pyrrole nitrogens is 1. The molecule has 0 spiro atoms. The van der Waals surface area contributed by atoms with Crippen LogP contribution in [-0.4, -0.2) is 33.9 Å². The van der Waals surface area contributed by atoms with Gasteiger partial charge in [-0.15, -0.1) is 0 Å². The highest BCUT2D eigenvalue weighted by Gasteiger charge is 2.33. The summed E-state index contributed by atoms with van der Waals surface area (Å²) in [6.07, 6.45) is 1.82. The fourth-order valence-corrected chi connectivity index (χ4v) is 3.18. The number of nitrogens with zero attached hydrogens (tertiary/aromatic N) is 2. The lowest BCUT2D eigenvalue weighted by molar-refractivity contribution is 0.0669. The highest BCUT2D eigenvalue weighted by molar-refractivity contribution is 5.92. The van der Waals surface area contributed by atoms with Gasteiger partial charge in [0.05, 0.1) is 0 Å². The van der Waals surface area contributed by atoms with Crippen molar-refractivity contribution >= 4 is 5.91 Å². The van der Waals surface area contributed by atoms with Gasteiger partial charge in [0.25, 0.3) is 5.91 Å². The smallest absolute Gasteiger partial charge is 0.337 e. The number of aromatic amines is 1. The molecule has 2 heterocycles. The van der Waals surface area contributed by atoms with E-state index in [0.717, 1.165) is 12.8 Å². The maximum Gasteiger partial charge on any atom is 0.345 e. The van der Waals surface area contributed by atoms with Crippen molar-refractivity contribution in [2.75, 3.05) is 13.1 Å². The average Bonchev–Trinajstić information content (AvgIpc) is 2.55. The van der Waals surface area contributed by atoms with Crippen molar-refractivity contribution in [2.45, 2.75) is 32.1 Å². The Hall–Kier alpha value is -2.43. The minimum Gasteiger partial charge on any atom is -0.337 e. The second kappa shape index (κ2) is 5.99. The number of benzene rings is 1. The van der Waals surface area contributed by atoms with Gasteiger partial charge in [-0.25, -0.2) is 4.79 Å². The van der Waals surface area contributed by atoms with Gasteiger partial charge >= 0.3 is 5.69 Å². The van der Waals surface area contributed by atoms with E-state index in [9.17, 15) is 9.59 Å². The first-order valence-electron chi connectivity index (χ1n) is 7.91. The van der Waals surface area contributed by atoms with Crippen molar-refractivity contribution in [1.29, 1.82) is 0 Å². The molecule has 0 radical (unpaired) electrons. The number of aryl methyl sites for hydroxylation is 1. The first kappa shape index (κ1) is 15.5. The van der Waals surface area contributed by atoms with Gasteiger partial charge in [-0.1, -0.05) is 37.3 Å². The van der Waals surface area contributed by atoms with Crippen LogP contribution in [0, 0.1) is 6.92 Å². The Morgan fingerprint density at radius 2 is 1.87 bits per heavy atom. The molecule has 0 saturated carbocycles. The molecule has 120 valence electrons. The van der Waals surface area contributed by atoms with Gasteiger partial charge in [0.15, 0.2) is 0 Å². The third kappa shape index (κ3) is 3.18. The first-order chi connectivity index (χ1) is 11.0. The SMILES string of the molecule is Cc1cc(C(=O)N2CCC(C)(c3ccccc3)CC2)nc(=O)[nH]1. The van der Waals surface area contributed by atoms with E-state index < -0.39 is 5.69 Å². The molecule has 2 aromatic rings. The molecule has 0 aliphatic carbocycles. The Morgan fingerprint density at radius 1 is 1.22 bits per heavy atom. The van der Waals surface area contributed by atoms with E-state index in [1.165, 1.54) is 5.56 Å². The topological polar surface area (TPSA) is 66.1 Å². The molecule has 0 atom stereocenters. The van der Waals surface area contributed by atoms with Gasteiger partial charge in [-0.2, -0.15) is 4.98 Å². The number of carbonyl (C=O) groups excluding carboxylic acids is 1. The molecule has 0 unspecified atom stereocenters. The zero-order valence-corrected chi connectivity index (χ0v) is 13.5. The van der Waals surface area contributed by atoms with Crippen LogP contribution in [0.1, 0.15) is 41.5 Å². The number of hydrogen-bond acceptors (Lipinski definition) is 3. The molecule has 1 fully saturated rings. The summed E-state index contributed by atoms with van der Waals surface area (Å²) >= 11 is 0. The Bertz CT molecular complexity index is 759. The summed E-state index contributed by atoms with van der Waals surface area (Å²) in [6, 6.07) is 12.1. The summed E-state index contributed by atoms with van der Waals surface area (Å²) in [5, 5.41) is 0. The van der Waals surface area contributed by atoms with Crippen molar-refractivity contribution in [2.24, 2.45) is 0 Å². The second-order valence-corrected chi connectivity index (χ2v) is 6.47. The van der Waals surface area contributed by atoms with Crippen molar-refractivity contribution < 1.29 is 4.79 Å². The standard InChI is InChI=1S/C18H21N3O2/c1-13-12-15(20-17(23)19-13)16(22)21-10-8-18(2,9-11-21)14-6-4-3-5-7-14/h3-7,12H,8-11H2,1-2H3,(H,19,20,23). The molecular weight excluding hydrogens is 290 g/mol. The summed E-state index contributed by atoms with van der Waals surface area (Å²) in [5.41, 5.74) is 1.82. The highest BCUT2D eigenvalue weighted by Crippen LogP contribution is 2.35. The first-order valence-corrected chi connectivity index (χ1v) is 7.91. The van der Waals surface area contributed by atoms with Crippen molar-refractivity contribution in [3.05, 3.63) is 63.8 Å². The number of nitrogens with one attached hydrogen (secondary N) is 1. The lowest BCUT2D eigenvalue weighted by atomic mass is 9.74. The van der Waals surface area contributed by atoms with Crippen LogP contribution in [0.5, 0.6) is 0 Å². The third-order valence-electron chi connectivity index (χ3n) is 4.72. The zero-order valence-electron chi connectivity index (χ0n) is 13.5. The van der Waals surface area contributed by atoms with Crippen LogP contribution in [0.15, 0.2) is 41.2 Å². The average molecular weight is 311 g/mol. The highest BCUT2D eigenvalue weighted by atomic mass is 16.2. The lowest BCUT2D eigenvalue weighted by Crippen LogP contribution is -2.44. The van der Waals surface area contributed by atoms with Gasteiger partial charge in [-0.05, 0) is 36.8 Å². The summed E-state index contributed by atoms with van der Waals surface area (Å²) in [7, 11) is 0. The molecule has 1 aliphatic rings. The number of carbonyl (C=O) groups is 1. The monoisotopic (exact) mass is 311 g/mol. The van der Waals surface area contributed by atoms with E-state index in [0.29, 0.717) is 18.8 Å². The van der Waals surface area contributed by atoms with E-state index >= 15 is 0 Å². The minimum absolute atomic E-state index is 0.0928. The van der Waals surface area contributed by atoms with E-state index in [1.807, 2.05) is 6.07 Å². The molecule has 5 nitrogen and oxygen atoms in total. The van der Waals surface area contributed by atoms with Crippen LogP contribution in [0.2, 0.25) is 0 Å². The Kier molecular flexibility index (Phi) is 4.03. The molecule has 5 heteroatoms. The Labute approximate surface area is 135 Å². The number of piperidine rings is 1. The van der Waals surface area contributed by atoms with Crippen LogP contribution in [0.25, 0.3) is 0 Å². The van der Waals surface area contributed by atoms with Crippen LogP contribution in [-0.2, 0) is 5.41 Å².